The average Bonchev–Trinajstić information content (AvgIpc) is 3.07. The first-order valence-corrected chi connectivity index (χ1v) is 8.76. The maximum absolute atomic E-state index is 12.7. The number of fused-ring (bicyclic) bond motifs is 1. The van der Waals surface area contributed by atoms with E-state index in [1.807, 2.05) is 54.9 Å². The van der Waals surface area contributed by atoms with Crippen molar-refractivity contribution in [2.45, 2.75) is 25.9 Å². The summed E-state index contributed by atoms with van der Waals surface area (Å²) in [6.07, 6.45) is 3.98. The van der Waals surface area contributed by atoms with Gasteiger partial charge in [0.1, 0.15) is 0 Å². The number of carbonyl (C=O) groups excluding carboxylic acids is 2. The van der Waals surface area contributed by atoms with Gasteiger partial charge < -0.3 is 9.80 Å². The van der Waals surface area contributed by atoms with Gasteiger partial charge in [-0.25, -0.2) is 0 Å². The molecule has 1 atom stereocenters. The Morgan fingerprint density at radius 1 is 1.21 bits per heavy atom. The molecule has 1 aliphatic heterocycles. The monoisotopic (exact) mass is 340 g/mol. The normalized spacial score (nSPS) is 15.9. The highest BCUT2D eigenvalue weighted by atomic mass is 32.1. The van der Waals surface area contributed by atoms with Gasteiger partial charge in [0.15, 0.2) is 0 Å². The minimum absolute atomic E-state index is 0.0322. The Balaban J connectivity index is 1.79. The molecule has 0 radical (unpaired) electrons. The van der Waals surface area contributed by atoms with Crippen LogP contribution in [-0.2, 0) is 16.1 Å². The molecule has 1 aliphatic rings. The molecule has 0 saturated carbocycles. The quantitative estimate of drug-likeness (QED) is 0.852. The third-order valence-corrected chi connectivity index (χ3v) is 5.10. The lowest BCUT2D eigenvalue weighted by Crippen LogP contribution is -2.35. The van der Waals surface area contributed by atoms with Crippen LogP contribution in [0.4, 0.5) is 0 Å². The molecule has 3 rings (SSSR count). The fourth-order valence-corrected chi connectivity index (χ4v) is 3.72. The molecule has 4 nitrogen and oxygen atoms in total. The molecule has 0 aliphatic carbocycles. The van der Waals surface area contributed by atoms with Gasteiger partial charge in [-0.1, -0.05) is 30.3 Å². The van der Waals surface area contributed by atoms with E-state index in [1.54, 1.807) is 27.3 Å². The van der Waals surface area contributed by atoms with E-state index in [9.17, 15) is 9.59 Å². The van der Waals surface area contributed by atoms with Crippen LogP contribution < -0.4 is 0 Å². The van der Waals surface area contributed by atoms with Crippen LogP contribution in [0.15, 0.2) is 48.0 Å². The molecule has 0 spiro atoms. The van der Waals surface area contributed by atoms with Crippen LogP contribution in [0, 0.1) is 0 Å². The van der Waals surface area contributed by atoms with Crippen molar-refractivity contribution in [1.82, 2.24) is 9.80 Å². The molecule has 2 heterocycles. The predicted molar refractivity (Wildman–Crippen MR) is 96.1 cm³/mol. The van der Waals surface area contributed by atoms with Crippen LogP contribution in [0.25, 0.3) is 6.08 Å². The number of nitrogens with zero attached hydrogens (tertiary/aromatic N) is 2. The lowest BCUT2D eigenvalue weighted by atomic mass is 9.93. The van der Waals surface area contributed by atoms with Crippen molar-refractivity contribution in [2.75, 3.05) is 7.05 Å². The predicted octanol–water partition coefficient (Wildman–Crippen LogP) is 3.67. The lowest BCUT2D eigenvalue weighted by Gasteiger charge is -2.33. The Kier molecular flexibility index (Phi) is 4.81. The van der Waals surface area contributed by atoms with Gasteiger partial charge >= 0.3 is 0 Å². The van der Waals surface area contributed by atoms with Crippen molar-refractivity contribution in [3.63, 3.8) is 0 Å². The van der Waals surface area contributed by atoms with Crippen LogP contribution in [0.3, 0.4) is 0 Å². The number of hydrogen-bond donors (Lipinski definition) is 0. The molecular formula is C19H20N2O2S. The number of benzene rings is 1. The third-order valence-electron chi connectivity index (χ3n) is 4.24. The Labute approximate surface area is 146 Å². The van der Waals surface area contributed by atoms with Gasteiger partial charge in [0.05, 0.1) is 19.0 Å². The zero-order valence-electron chi connectivity index (χ0n) is 13.8. The van der Waals surface area contributed by atoms with E-state index in [4.69, 9.17) is 0 Å². The third kappa shape index (κ3) is 3.41. The maximum Gasteiger partial charge on any atom is 0.225 e. The summed E-state index contributed by atoms with van der Waals surface area (Å²) in [6.45, 7) is 2.13. The summed E-state index contributed by atoms with van der Waals surface area (Å²) in [4.78, 5) is 29.2. The Morgan fingerprint density at radius 2 is 2.00 bits per heavy atom. The highest BCUT2D eigenvalue weighted by molar-refractivity contribution is 7.09. The fraction of sp³-hybridized carbons (Fsp3) is 0.263. The maximum atomic E-state index is 12.7. The van der Waals surface area contributed by atoms with Gasteiger partial charge in [0, 0.05) is 25.0 Å². The number of carbonyl (C=O) groups is 2. The van der Waals surface area contributed by atoms with Crippen LogP contribution in [-0.4, -0.2) is 28.7 Å². The van der Waals surface area contributed by atoms with Gasteiger partial charge in [-0.2, -0.15) is 0 Å². The summed E-state index contributed by atoms with van der Waals surface area (Å²) in [5.41, 5.74) is 2.08. The molecule has 5 heteroatoms. The van der Waals surface area contributed by atoms with Crippen LogP contribution in [0.2, 0.25) is 0 Å². The molecule has 124 valence electrons. The van der Waals surface area contributed by atoms with E-state index in [0.29, 0.717) is 6.54 Å². The first kappa shape index (κ1) is 16.5. The molecule has 0 bridgehead atoms. The Morgan fingerprint density at radius 3 is 2.71 bits per heavy atom. The van der Waals surface area contributed by atoms with Crippen LogP contribution in [0.1, 0.15) is 35.4 Å². The zero-order chi connectivity index (χ0) is 17.1. The molecule has 2 amide bonds. The molecule has 1 unspecified atom stereocenters. The minimum atomic E-state index is -0.248. The average molecular weight is 340 g/mol. The highest BCUT2D eigenvalue weighted by Gasteiger charge is 2.29. The first-order valence-electron chi connectivity index (χ1n) is 7.88. The second kappa shape index (κ2) is 7.01. The van der Waals surface area contributed by atoms with E-state index >= 15 is 0 Å². The molecule has 1 aromatic heterocycles. The summed E-state index contributed by atoms with van der Waals surface area (Å²) >= 11 is 1.64. The van der Waals surface area contributed by atoms with Crippen LogP contribution >= 0.6 is 11.3 Å². The van der Waals surface area contributed by atoms with Gasteiger partial charge in [-0.3, -0.25) is 9.59 Å². The first-order chi connectivity index (χ1) is 11.6. The van der Waals surface area contributed by atoms with Gasteiger partial charge in [-0.05, 0) is 28.6 Å². The number of rotatable bonds is 4. The van der Waals surface area contributed by atoms with E-state index in [-0.39, 0.29) is 24.3 Å². The number of thiophene rings is 1. The summed E-state index contributed by atoms with van der Waals surface area (Å²) in [5, 5.41) is 2.01. The molecule has 1 aromatic carbocycles. The largest absolute Gasteiger partial charge is 0.341 e. The van der Waals surface area contributed by atoms with E-state index < -0.39 is 0 Å². The summed E-state index contributed by atoms with van der Waals surface area (Å²) < 4.78 is 0. The summed E-state index contributed by atoms with van der Waals surface area (Å²) in [6, 6.07) is 11.7. The summed E-state index contributed by atoms with van der Waals surface area (Å²) in [7, 11) is 1.81. The van der Waals surface area contributed by atoms with Crippen molar-refractivity contribution in [1.29, 1.82) is 0 Å². The second-order valence-electron chi connectivity index (χ2n) is 5.92. The number of amides is 2. The zero-order valence-corrected chi connectivity index (χ0v) is 14.6. The molecule has 2 aromatic rings. The Bertz CT molecular complexity index is 767. The lowest BCUT2D eigenvalue weighted by molar-refractivity contribution is -0.134. The van der Waals surface area contributed by atoms with Gasteiger partial charge in [0.25, 0.3) is 0 Å². The smallest absolute Gasteiger partial charge is 0.225 e. The topological polar surface area (TPSA) is 40.6 Å². The summed E-state index contributed by atoms with van der Waals surface area (Å²) in [5.74, 6) is -0.0239. The molecule has 24 heavy (non-hydrogen) atoms. The van der Waals surface area contributed by atoms with Crippen molar-refractivity contribution >= 4 is 29.2 Å². The van der Waals surface area contributed by atoms with Gasteiger partial charge in [-0.15, -0.1) is 11.3 Å². The van der Waals surface area contributed by atoms with E-state index in [2.05, 4.69) is 0 Å². The highest BCUT2D eigenvalue weighted by Crippen LogP contribution is 2.33. The fourth-order valence-electron chi connectivity index (χ4n) is 2.96. The van der Waals surface area contributed by atoms with Crippen molar-refractivity contribution in [3.05, 3.63) is 64.0 Å². The molecule has 0 saturated heterocycles. The molecule has 0 N–H and O–H groups in total. The Hall–Kier alpha value is -2.40. The molecular weight excluding hydrogens is 320 g/mol. The van der Waals surface area contributed by atoms with Gasteiger partial charge in [0.2, 0.25) is 11.8 Å². The SMILES string of the molecule is CC(=O)N1C=Cc2ccccc2C1CC(=O)N(C)Cc1cccs1. The minimum Gasteiger partial charge on any atom is -0.341 e. The second-order valence-corrected chi connectivity index (χ2v) is 6.95. The standard InChI is InChI=1S/C19H20N2O2S/c1-14(22)21-10-9-15-6-3-4-8-17(15)18(21)12-19(23)20(2)13-16-7-5-11-24-16/h3-11,18H,12-13H2,1-2H3. The van der Waals surface area contributed by atoms with E-state index in [1.165, 1.54) is 6.92 Å². The molecule has 0 fully saturated rings. The van der Waals surface area contributed by atoms with Crippen molar-refractivity contribution < 1.29 is 9.59 Å². The number of hydrogen-bond acceptors (Lipinski definition) is 3. The van der Waals surface area contributed by atoms with E-state index in [0.717, 1.165) is 16.0 Å². The van der Waals surface area contributed by atoms with Crippen molar-refractivity contribution in [2.24, 2.45) is 0 Å². The van der Waals surface area contributed by atoms with Crippen LogP contribution in [0.5, 0.6) is 0 Å². The van der Waals surface area contributed by atoms with Crippen molar-refractivity contribution in [3.8, 4) is 0 Å².